The molecule has 0 aliphatic carbocycles. The van der Waals surface area contributed by atoms with E-state index in [4.69, 9.17) is 0 Å². The molecule has 102 valence electrons. The molecule has 2 aromatic rings. The molecule has 0 saturated heterocycles. The summed E-state index contributed by atoms with van der Waals surface area (Å²) < 4.78 is 14.4. The van der Waals surface area contributed by atoms with Crippen LogP contribution >= 0.6 is 0 Å². The van der Waals surface area contributed by atoms with Gasteiger partial charge >= 0.3 is 0 Å². The minimum absolute atomic E-state index is 0.0934. The summed E-state index contributed by atoms with van der Waals surface area (Å²) in [6, 6.07) is 9.85. The fourth-order valence-electron chi connectivity index (χ4n) is 2.01. The minimum atomic E-state index is -1.20. The van der Waals surface area contributed by atoms with Gasteiger partial charge in [0.25, 0.3) is 0 Å². The van der Waals surface area contributed by atoms with E-state index in [-0.39, 0.29) is 11.2 Å². The van der Waals surface area contributed by atoms with Crippen LogP contribution in [0.25, 0.3) is 0 Å². The lowest BCUT2D eigenvalue weighted by Crippen LogP contribution is -2.10. The predicted octanol–water partition coefficient (Wildman–Crippen LogP) is 2.81. The van der Waals surface area contributed by atoms with Crippen LogP contribution in [-0.4, -0.2) is 19.0 Å². The molecule has 2 rings (SSSR count). The summed E-state index contributed by atoms with van der Waals surface area (Å²) in [5.74, 6) is 1.14. The van der Waals surface area contributed by atoms with Gasteiger partial charge in [-0.2, -0.15) is 0 Å². The summed E-state index contributed by atoms with van der Waals surface area (Å²) in [5, 5.41) is 8.68. The number of benzene rings is 1. The van der Waals surface area contributed by atoms with Crippen LogP contribution in [-0.2, 0) is 17.8 Å². The molecule has 0 amide bonds. The molecule has 0 N–H and O–H groups in total. The Morgan fingerprint density at radius 3 is 2.26 bits per heavy atom. The molecule has 0 radical (unpaired) electrons. The van der Waals surface area contributed by atoms with Crippen LogP contribution in [0.1, 0.15) is 43.3 Å². The predicted molar refractivity (Wildman–Crippen MR) is 76.4 cm³/mol. The summed E-state index contributed by atoms with van der Waals surface area (Å²) in [5.41, 5.74) is 1.05. The second-order valence-electron chi connectivity index (χ2n) is 4.90. The Kier molecular flexibility index (Phi) is 4.14. The van der Waals surface area contributed by atoms with Gasteiger partial charge in [0, 0.05) is 13.0 Å². The van der Waals surface area contributed by atoms with E-state index in [9.17, 15) is 4.21 Å². The third-order valence-electron chi connectivity index (χ3n) is 3.16. The topological polar surface area (TPSA) is 47.8 Å². The highest BCUT2D eigenvalue weighted by Crippen LogP contribution is 2.24. The molecule has 0 spiro atoms. The molecular weight excluding hydrogens is 258 g/mol. The van der Waals surface area contributed by atoms with E-state index < -0.39 is 10.8 Å². The average Bonchev–Trinajstić information content (AvgIpc) is 2.80. The first kappa shape index (κ1) is 13.9. The largest absolute Gasteiger partial charge is 0.307 e. The fourth-order valence-corrected chi connectivity index (χ4v) is 3.22. The van der Waals surface area contributed by atoms with Crippen LogP contribution in [0.5, 0.6) is 0 Å². The van der Waals surface area contributed by atoms with Gasteiger partial charge in [-0.1, -0.05) is 44.2 Å². The smallest absolute Gasteiger partial charge is 0.221 e. The van der Waals surface area contributed by atoms with E-state index >= 15 is 0 Å². The summed E-state index contributed by atoms with van der Waals surface area (Å²) in [4.78, 5) is 0. The molecule has 1 heterocycles. The van der Waals surface area contributed by atoms with E-state index in [0.29, 0.717) is 5.16 Å². The number of aromatic nitrogens is 3. The molecule has 2 atom stereocenters. The Bertz CT molecular complexity index is 578. The van der Waals surface area contributed by atoms with Crippen molar-refractivity contribution < 1.29 is 4.21 Å². The molecule has 0 aliphatic heterocycles. The standard InChI is InChI=1S/C14H19N3OS/c1-10(2)13-15-16-14(17(13)4)19(18)11(3)12-8-6-5-7-9-12/h5-11H,1-4H3/t11-,19+/m1/s1. The van der Waals surface area contributed by atoms with Gasteiger partial charge in [0.2, 0.25) is 5.16 Å². The zero-order valence-corrected chi connectivity index (χ0v) is 12.5. The first-order valence-corrected chi connectivity index (χ1v) is 7.58. The first-order valence-electron chi connectivity index (χ1n) is 6.37. The Morgan fingerprint density at radius 1 is 1.11 bits per heavy atom. The van der Waals surface area contributed by atoms with Crippen molar-refractivity contribution in [3.05, 3.63) is 41.7 Å². The van der Waals surface area contributed by atoms with E-state index in [2.05, 4.69) is 24.0 Å². The fraction of sp³-hybridized carbons (Fsp3) is 0.429. The zero-order chi connectivity index (χ0) is 14.0. The van der Waals surface area contributed by atoms with E-state index in [1.54, 1.807) is 0 Å². The monoisotopic (exact) mass is 277 g/mol. The van der Waals surface area contributed by atoms with Crippen molar-refractivity contribution >= 4 is 10.8 Å². The summed E-state index contributed by atoms with van der Waals surface area (Å²) >= 11 is 0. The van der Waals surface area contributed by atoms with Crippen molar-refractivity contribution in [1.82, 2.24) is 14.8 Å². The number of nitrogens with zero attached hydrogens (tertiary/aromatic N) is 3. The summed E-state index contributed by atoms with van der Waals surface area (Å²) in [7, 11) is 0.678. The van der Waals surface area contributed by atoms with Crippen LogP contribution in [0.3, 0.4) is 0 Å². The van der Waals surface area contributed by atoms with Crippen molar-refractivity contribution in [1.29, 1.82) is 0 Å². The van der Waals surface area contributed by atoms with Crippen LogP contribution in [0.4, 0.5) is 0 Å². The van der Waals surface area contributed by atoms with Crippen molar-refractivity contribution in [2.24, 2.45) is 7.05 Å². The van der Waals surface area contributed by atoms with Crippen LogP contribution in [0.2, 0.25) is 0 Å². The molecule has 0 bridgehead atoms. The first-order chi connectivity index (χ1) is 9.02. The molecule has 5 heteroatoms. The van der Waals surface area contributed by atoms with Gasteiger partial charge in [-0.25, -0.2) is 0 Å². The van der Waals surface area contributed by atoms with Crippen molar-refractivity contribution in [3.8, 4) is 0 Å². The Labute approximate surface area is 116 Å². The lowest BCUT2D eigenvalue weighted by Gasteiger charge is -2.11. The SMILES string of the molecule is CC(C)c1nnc([S@@](=O)[C@H](C)c2ccccc2)n1C. The maximum absolute atomic E-state index is 12.6. The molecule has 0 saturated carbocycles. The van der Waals surface area contributed by atoms with Gasteiger partial charge in [0.05, 0.1) is 16.0 Å². The third kappa shape index (κ3) is 2.76. The highest BCUT2D eigenvalue weighted by atomic mass is 32.2. The zero-order valence-electron chi connectivity index (χ0n) is 11.7. The Morgan fingerprint density at radius 2 is 1.74 bits per heavy atom. The second kappa shape index (κ2) is 5.65. The van der Waals surface area contributed by atoms with E-state index in [1.165, 1.54) is 0 Å². The van der Waals surface area contributed by atoms with Gasteiger partial charge < -0.3 is 4.57 Å². The Hall–Kier alpha value is -1.49. The quantitative estimate of drug-likeness (QED) is 0.863. The normalized spacial score (nSPS) is 14.6. The molecule has 19 heavy (non-hydrogen) atoms. The third-order valence-corrected chi connectivity index (χ3v) is 4.78. The van der Waals surface area contributed by atoms with Gasteiger partial charge in [-0.15, -0.1) is 10.2 Å². The maximum Gasteiger partial charge on any atom is 0.221 e. The molecule has 1 aromatic heterocycles. The van der Waals surface area contributed by atoms with Crippen LogP contribution in [0.15, 0.2) is 35.5 Å². The number of rotatable bonds is 4. The molecule has 1 aromatic carbocycles. The second-order valence-corrected chi connectivity index (χ2v) is 6.57. The van der Waals surface area contributed by atoms with Crippen molar-refractivity contribution in [2.45, 2.75) is 37.1 Å². The van der Waals surface area contributed by atoms with Crippen LogP contribution < -0.4 is 0 Å². The van der Waals surface area contributed by atoms with Gasteiger partial charge in [-0.3, -0.25) is 4.21 Å². The summed E-state index contributed by atoms with van der Waals surface area (Å²) in [6.07, 6.45) is 0. The molecule has 4 nitrogen and oxygen atoms in total. The molecular formula is C14H19N3OS. The Balaban J connectivity index is 2.30. The lowest BCUT2D eigenvalue weighted by atomic mass is 10.2. The van der Waals surface area contributed by atoms with Crippen molar-refractivity contribution in [2.75, 3.05) is 0 Å². The highest BCUT2D eigenvalue weighted by Gasteiger charge is 2.22. The van der Waals surface area contributed by atoms with Gasteiger partial charge in [-0.05, 0) is 12.5 Å². The molecule has 0 fully saturated rings. The minimum Gasteiger partial charge on any atom is -0.307 e. The van der Waals surface area contributed by atoms with Crippen LogP contribution in [0, 0.1) is 0 Å². The molecule has 0 unspecified atom stereocenters. The summed E-state index contributed by atoms with van der Waals surface area (Å²) in [6.45, 7) is 6.06. The number of hydrogen-bond donors (Lipinski definition) is 0. The van der Waals surface area contributed by atoms with Gasteiger partial charge in [0.1, 0.15) is 5.82 Å². The maximum atomic E-state index is 12.6. The molecule has 0 aliphatic rings. The van der Waals surface area contributed by atoms with E-state index in [1.807, 2.05) is 48.9 Å². The number of hydrogen-bond acceptors (Lipinski definition) is 3. The van der Waals surface area contributed by atoms with Gasteiger partial charge in [0.15, 0.2) is 0 Å². The highest BCUT2D eigenvalue weighted by molar-refractivity contribution is 7.85. The van der Waals surface area contributed by atoms with E-state index in [0.717, 1.165) is 11.4 Å². The average molecular weight is 277 g/mol. The van der Waals surface area contributed by atoms with Crippen molar-refractivity contribution in [3.63, 3.8) is 0 Å². The lowest BCUT2D eigenvalue weighted by molar-refractivity contribution is 0.642.